The van der Waals surface area contributed by atoms with Crippen LogP contribution in [0.3, 0.4) is 0 Å². The molecule has 0 fully saturated rings. The summed E-state index contributed by atoms with van der Waals surface area (Å²) in [6, 6.07) is 16.3. The Bertz CT molecular complexity index is 1030. The van der Waals surface area contributed by atoms with Crippen molar-refractivity contribution in [3.63, 3.8) is 0 Å². The van der Waals surface area contributed by atoms with Crippen LogP contribution in [0.1, 0.15) is 58.0 Å². The van der Waals surface area contributed by atoms with Crippen molar-refractivity contribution in [1.82, 2.24) is 4.98 Å². The Morgan fingerprint density at radius 3 is 2.42 bits per heavy atom. The summed E-state index contributed by atoms with van der Waals surface area (Å²) in [5.41, 5.74) is 8.23. The van der Waals surface area contributed by atoms with E-state index in [0.717, 1.165) is 16.9 Å². The van der Waals surface area contributed by atoms with Crippen molar-refractivity contribution in [3.8, 4) is 11.5 Å². The molecule has 1 amide bonds. The maximum Gasteiger partial charge on any atom is 0.248 e. The molecule has 1 aliphatic heterocycles. The third-order valence-electron chi connectivity index (χ3n) is 4.81. The van der Waals surface area contributed by atoms with Gasteiger partial charge in [0.25, 0.3) is 0 Å². The van der Waals surface area contributed by atoms with E-state index >= 15 is 0 Å². The van der Waals surface area contributed by atoms with Crippen molar-refractivity contribution in [2.24, 2.45) is 5.73 Å². The van der Waals surface area contributed by atoms with Crippen molar-refractivity contribution >= 4 is 11.7 Å². The molecule has 0 atom stereocenters. The van der Waals surface area contributed by atoms with Crippen molar-refractivity contribution in [2.75, 3.05) is 6.61 Å². The standard InChI is InChI=1S/C18H19NO3.C7H7NO/c1-12(2)17-16(22-11-13-5-8-19-9-6-13)4-3-14-15(20)7-10-21-18(14)17;8-7(9)6-4-2-1-3-5-6/h3-6,8-9,12H,7,10-11H2,1-2H3;1-5H,(H2,8,9). The second-order valence-electron chi connectivity index (χ2n) is 7.40. The van der Waals surface area contributed by atoms with E-state index in [4.69, 9.17) is 15.2 Å². The Balaban J connectivity index is 0.000000254. The first kappa shape index (κ1) is 22.0. The van der Waals surface area contributed by atoms with Crippen molar-refractivity contribution in [3.05, 3.63) is 89.2 Å². The summed E-state index contributed by atoms with van der Waals surface area (Å²) >= 11 is 0. The zero-order valence-corrected chi connectivity index (χ0v) is 17.7. The van der Waals surface area contributed by atoms with Gasteiger partial charge in [-0.15, -0.1) is 0 Å². The van der Waals surface area contributed by atoms with Crippen LogP contribution < -0.4 is 15.2 Å². The van der Waals surface area contributed by atoms with Crippen molar-refractivity contribution in [2.45, 2.75) is 32.8 Å². The lowest BCUT2D eigenvalue weighted by Gasteiger charge is -2.24. The number of hydrogen-bond donors (Lipinski definition) is 1. The highest BCUT2D eigenvalue weighted by Gasteiger charge is 2.25. The highest BCUT2D eigenvalue weighted by molar-refractivity contribution is 6.00. The summed E-state index contributed by atoms with van der Waals surface area (Å²) in [5.74, 6) is 1.45. The number of ketones is 1. The van der Waals surface area contributed by atoms with E-state index in [2.05, 4.69) is 18.8 Å². The van der Waals surface area contributed by atoms with Gasteiger partial charge in [0.05, 0.1) is 12.2 Å². The monoisotopic (exact) mass is 418 g/mol. The second kappa shape index (κ2) is 10.4. The Hall–Kier alpha value is -3.67. The van der Waals surface area contributed by atoms with Gasteiger partial charge in [-0.2, -0.15) is 0 Å². The summed E-state index contributed by atoms with van der Waals surface area (Å²) in [4.78, 5) is 26.4. The lowest BCUT2D eigenvalue weighted by atomic mass is 9.94. The highest BCUT2D eigenvalue weighted by Crippen LogP contribution is 2.40. The summed E-state index contributed by atoms with van der Waals surface area (Å²) < 4.78 is 11.7. The second-order valence-corrected chi connectivity index (χ2v) is 7.40. The average molecular weight is 418 g/mol. The number of nitrogens with zero attached hydrogens (tertiary/aromatic N) is 1. The number of pyridine rings is 1. The van der Waals surface area contributed by atoms with Gasteiger partial charge in [0.1, 0.15) is 18.1 Å². The number of nitrogens with two attached hydrogens (primary N) is 1. The molecule has 0 unspecified atom stereocenters. The molecule has 1 aliphatic rings. The molecule has 160 valence electrons. The Morgan fingerprint density at radius 1 is 1.10 bits per heavy atom. The van der Waals surface area contributed by atoms with E-state index in [1.54, 1.807) is 36.7 Å². The van der Waals surface area contributed by atoms with E-state index in [-0.39, 0.29) is 17.6 Å². The summed E-state index contributed by atoms with van der Waals surface area (Å²) in [6.45, 7) is 5.07. The number of benzene rings is 2. The molecule has 0 aliphatic carbocycles. The fourth-order valence-electron chi connectivity index (χ4n) is 3.25. The van der Waals surface area contributed by atoms with Crippen LogP contribution in [-0.2, 0) is 6.61 Å². The van der Waals surface area contributed by atoms with Gasteiger partial charge in [0.15, 0.2) is 5.78 Å². The Labute approximate surface area is 182 Å². The molecular weight excluding hydrogens is 392 g/mol. The molecule has 2 heterocycles. The number of hydrogen-bond acceptors (Lipinski definition) is 5. The minimum absolute atomic E-state index is 0.142. The van der Waals surface area contributed by atoms with Crippen molar-refractivity contribution < 1.29 is 19.1 Å². The first-order chi connectivity index (χ1) is 15.0. The first-order valence-electron chi connectivity index (χ1n) is 10.2. The van der Waals surface area contributed by atoms with Gasteiger partial charge < -0.3 is 15.2 Å². The molecular formula is C25H26N2O4. The zero-order valence-electron chi connectivity index (χ0n) is 17.7. The number of primary amides is 1. The lowest BCUT2D eigenvalue weighted by Crippen LogP contribution is -2.17. The maximum absolute atomic E-state index is 12.0. The van der Waals surface area contributed by atoms with Gasteiger partial charge in [0.2, 0.25) is 5.91 Å². The number of Topliss-reactive ketones (excluding diaryl/α,β-unsaturated/α-hetero) is 1. The molecule has 6 heteroatoms. The summed E-state index contributed by atoms with van der Waals surface area (Å²) in [7, 11) is 0. The van der Waals surface area contributed by atoms with Gasteiger partial charge >= 0.3 is 0 Å². The molecule has 2 aromatic carbocycles. The number of aromatic nitrogens is 1. The van der Waals surface area contributed by atoms with Crippen LogP contribution >= 0.6 is 0 Å². The Morgan fingerprint density at radius 2 is 1.81 bits per heavy atom. The molecule has 3 aromatic rings. The van der Waals surface area contributed by atoms with Crippen LogP contribution in [0.25, 0.3) is 0 Å². The number of ether oxygens (including phenoxy) is 2. The third kappa shape index (κ3) is 5.69. The third-order valence-corrected chi connectivity index (χ3v) is 4.81. The smallest absolute Gasteiger partial charge is 0.248 e. The van der Waals surface area contributed by atoms with Gasteiger partial charge in [-0.1, -0.05) is 32.0 Å². The highest BCUT2D eigenvalue weighted by atomic mass is 16.5. The topological polar surface area (TPSA) is 91.5 Å². The average Bonchev–Trinajstić information content (AvgIpc) is 2.79. The molecule has 0 saturated heterocycles. The van der Waals surface area contributed by atoms with Crippen LogP contribution in [0.4, 0.5) is 0 Å². The predicted molar refractivity (Wildman–Crippen MR) is 119 cm³/mol. The Kier molecular flexibility index (Phi) is 7.38. The predicted octanol–water partition coefficient (Wildman–Crippen LogP) is 4.53. The van der Waals surface area contributed by atoms with E-state index in [1.807, 2.05) is 30.3 Å². The van der Waals surface area contributed by atoms with Gasteiger partial charge in [-0.3, -0.25) is 14.6 Å². The van der Waals surface area contributed by atoms with Crippen LogP contribution in [0, 0.1) is 0 Å². The summed E-state index contributed by atoms with van der Waals surface area (Å²) in [6.07, 6.45) is 3.94. The molecule has 2 N–H and O–H groups in total. The molecule has 0 bridgehead atoms. The SMILES string of the molecule is CC(C)c1c(OCc2ccncc2)ccc2c1OCCC2=O.NC(=O)c1ccccc1. The molecule has 4 rings (SSSR count). The van der Waals surface area contributed by atoms with E-state index in [9.17, 15) is 9.59 Å². The minimum Gasteiger partial charge on any atom is -0.492 e. The molecule has 1 aromatic heterocycles. The van der Waals surface area contributed by atoms with Crippen LogP contribution in [-0.4, -0.2) is 23.3 Å². The van der Waals surface area contributed by atoms with Crippen LogP contribution in [0.15, 0.2) is 67.0 Å². The van der Waals surface area contributed by atoms with Gasteiger partial charge in [-0.05, 0) is 47.9 Å². The normalized spacial score (nSPS) is 12.3. The number of rotatable bonds is 5. The fraction of sp³-hybridized carbons (Fsp3) is 0.240. The van der Waals surface area contributed by atoms with Gasteiger partial charge in [-0.25, -0.2) is 0 Å². The molecule has 6 nitrogen and oxygen atoms in total. The van der Waals surface area contributed by atoms with Crippen LogP contribution in [0.5, 0.6) is 11.5 Å². The van der Waals surface area contributed by atoms with Gasteiger partial charge in [0, 0.05) is 29.9 Å². The summed E-state index contributed by atoms with van der Waals surface area (Å²) in [5, 5.41) is 0. The quantitative estimate of drug-likeness (QED) is 0.657. The number of carbonyl (C=O) groups excluding carboxylic acids is 2. The van der Waals surface area contributed by atoms with Crippen molar-refractivity contribution in [1.29, 1.82) is 0 Å². The number of amides is 1. The number of fused-ring (bicyclic) bond motifs is 1. The number of carbonyl (C=O) groups is 2. The van der Waals surface area contributed by atoms with E-state index in [1.165, 1.54) is 0 Å². The zero-order chi connectivity index (χ0) is 22.2. The van der Waals surface area contributed by atoms with E-state index < -0.39 is 0 Å². The lowest BCUT2D eigenvalue weighted by molar-refractivity contribution is 0.0931. The molecule has 31 heavy (non-hydrogen) atoms. The maximum atomic E-state index is 12.0. The minimum atomic E-state index is -0.379. The fourth-order valence-corrected chi connectivity index (χ4v) is 3.25. The first-order valence-corrected chi connectivity index (χ1v) is 10.2. The largest absolute Gasteiger partial charge is 0.492 e. The molecule has 0 saturated carbocycles. The molecule has 0 radical (unpaired) electrons. The molecule has 0 spiro atoms. The van der Waals surface area contributed by atoms with Crippen LogP contribution in [0.2, 0.25) is 0 Å². The van der Waals surface area contributed by atoms with E-state index in [0.29, 0.717) is 36.5 Å².